The van der Waals surface area contributed by atoms with Gasteiger partial charge in [-0.25, -0.2) is 8.42 Å². The number of nitrogens with zero attached hydrogens (tertiary/aromatic N) is 1. The number of fused-ring (bicyclic) bond motifs is 1. The van der Waals surface area contributed by atoms with Crippen molar-refractivity contribution in [2.45, 2.75) is 11.4 Å². The van der Waals surface area contributed by atoms with Gasteiger partial charge in [0.15, 0.2) is 9.84 Å². The summed E-state index contributed by atoms with van der Waals surface area (Å²) in [6.45, 7) is 1.12. The molecular weight excluding hydrogens is 188 g/mol. The van der Waals surface area contributed by atoms with Crippen molar-refractivity contribution in [3.63, 3.8) is 0 Å². The number of nitrogens with one attached hydrogen (secondary N) is 1. The van der Waals surface area contributed by atoms with Gasteiger partial charge in [-0.2, -0.15) is 0 Å². The third-order valence-electron chi connectivity index (χ3n) is 2.07. The van der Waals surface area contributed by atoms with Crippen molar-refractivity contribution < 1.29 is 8.42 Å². The van der Waals surface area contributed by atoms with Gasteiger partial charge in [0.05, 0.1) is 10.6 Å². The zero-order valence-corrected chi connectivity index (χ0v) is 7.84. The Balaban J connectivity index is 2.62. The molecule has 0 spiro atoms. The van der Waals surface area contributed by atoms with Crippen LogP contribution in [0, 0.1) is 0 Å². The van der Waals surface area contributed by atoms with Gasteiger partial charge in [-0.05, 0) is 11.6 Å². The zero-order valence-electron chi connectivity index (χ0n) is 7.03. The average molecular weight is 198 g/mol. The maximum atomic E-state index is 11.6. The first-order valence-corrected chi connectivity index (χ1v) is 5.72. The first kappa shape index (κ1) is 8.65. The molecule has 0 saturated heterocycles. The lowest BCUT2D eigenvalue weighted by Gasteiger charge is -2.02. The Bertz CT molecular complexity index is 414. The van der Waals surface area contributed by atoms with E-state index >= 15 is 0 Å². The minimum Gasteiger partial charge on any atom is -0.312 e. The Labute approximate surface area is 76.9 Å². The molecule has 13 heavy (non-hydrogen) atoms. The minimum atomic E-state index is -3.10. The van der Waals surface area contributed by atoms with Crippen LogP contribution in [0.4, 0.5) is 0 Å². The summed E-state index contributed by atoms with van der Waals surface area (Å²) in [5, 5.41) is 3.05. The van der Waals surface area contributed by atoms with Crippen molar-refractivity contribution in [3.8, 4) is 0 Å². The molecule has 1 N–H and O–H groups in total. The molecule has 1 aromatic rings. The summed E-state index contributed by atoms with van der Waals surface area (Å²) in [5.41, 5.74) is 0.813. The lowest BCUT2D eigenvalue weighted by atomic mass is 10.3. The van der Waals surface area contributed by atoms with Crippen LogP contribution in [0.1, 0.15) is 5.56 Å². The topological polar surface area (TPSA) is 59.1 Å². The molecule has 2 heterocycles. The predicted molar refractivity (Wildman–Crippen MR) is 48.0 cm³/mol. The number of hydrogen-bond donors (Lipinski definition) is 1. The maximum Gasteiger partial charge on any atom is 0.181 e. The summed E-state index contributed by atoms with van der Waals surface area (Å²) in [6.07, 6.45) is 3.04. The van der Waals surface area contributed by atoms with Crippen molar-refractivity contribution in [2.75, 3.05) is 12.3 Å². The van der Waals surface area contributed by atoms with E-state index in [9.17, 15) is 8.42 Å². The van der Waals surface area contributed by atoms with E-state index in [4.69, 9.17) is 0 Å². The molecule has 0 saturated carbocycles. The fraction of sp³-hybridized carbons (Fsp3) is 0.375. The summed E-state index contributed by atoms with van der Waals surface area (Å²) < 4.78 is 23.2. The standard InChI is InChI=1S/C8H10N2O2S/c11-13(12)4-3-10-5-7-1-2-9-6-8(7)13/h1-2,6,10H,3-5H2. The van der Waals surface area contributed by atoms with Crippen LogP contribution in [-0.4, -0.2) is 25.7 Å². The van der Waals surface area contributed by atoms with Crippen LogP contribution in [0.5, 0.6) is 0 Å². The number of rotatable bonds is 0. The minimum absolute atomic E-state index is 0.158. The van der Waals surface area contributed by atoms with Crippen LogP contribution in [0.3, 0.4) is 0 Å². The molecule has 0 atom stereocenters. The van der Waals surface area contributed by atoms with Gasteiger partial charge < -0.3 is 5.32 Å². The maximum absolute atomic E-state index is 11.6. The van der Waals surface area contributed by atoms with Crippen molar-refractivity contribution in [2.24, 2.45) is 0 Å². The second-order valence-electron chi connectivity index (χ2n) is 2.98. The van der Waals surface area contributed by atoms with Crippen LogP contribution in [0.2, 0.25) is 0 Å². The number of pyridine rings is 1. The first-order valence-electron chi connectivity index (χ1n) is 4.06. The zero-order chi connectivity index (χ0) is 9.31. The smallest absolute Gasteiger partial charge is 0.181 e. The molecule has 0 radical (unpaired) electrons. The molecule has 0 aromatic carbocycles. The molecule has 1 aliphatic heterocycles. The second kappa shape index (κ2) is 3.08. The molecule has 5 heteroatoms. The van der Waals surface area contributed by atoms with Crippen LogP contribution in [-0.2, 0) is 16.4 Å². The number of hydrogen-bond acceptors (Lipinski definition) is 4. The highest BCUT2D eigenvalue weighted by atomic mass is 32.2. The van der Waals surface area contributed by atoms with Crippen LogP contribution in [0.15, 0.2) is 23.4 Å². The summed E-state index contributed by atoms with van der Waals surface area (Å²) in [7, 11) is -3.10. The van der Waals surface area contributed by atoms with Gasteiger partial charge in [0.2, 0.25) is 0 Å². The molecule has 2 rings (SSSR count). The molecule has 0 fully saturated rings. The molecule has 1 aromatic heterocycles. The third-order valence-corrected chi connectivity index (χ3v) is 3.85. The summed E-state index contributed by atoms with van der Waals surface area (Å²) >= 11 is 0. The Morgan fingerprint density at radius 2 is 2.31 bits per heavy atom. The van der Waals surface area contributed by atoms with Gasteiger partial charge >= 0.3 is 0 Å². The Morgan fingerprint density at radius 3 is 3.15 bits per heavy atom. The summed E-state index contributed by atoms with van der Waals surface area (Å²) in [5.74, 6) is 0.158. The lowest BCUT2D eigenvalue weighted by molar-refractivity contribution is 0.595. The van der Waals surface area contributed by atoms with E-state index in [-0.39, 0.29) is 5.75 Å². The summed E-state index contributed by atoms with van der Waals surface area (Å²) in [6, 6.07) is 1.74. The van der Waals surface area contributed by atoms with Crippen molar-refractivity contribution in [3.05, 3.63) is 24.0 Å². The van der Waals surface area contributed by atoms with E-state index < -0.39 is 9.84 Å². The van der Waals surface area contributed by atoms with E-state index in [2.05, 4.69) is 10.3 Å². The Hall–Kier alpha value is -0.940. The predicted octanol–water partition coefficient (Wildman–Crippen LogP) is -0.0415. The molecule has 70 valence electrons. The normalized spacial score (nSPS) is 20.3. The molecule has 0 bridgehead atoms. The van der Waals surface area contributed by atoms with Crippen molar-refractivity contribution in [1.82, 2.24) is 10.3 Å². The summed E-state index contributed by atoms with van der Waals surface area (Å²) in [4.78, 5) is 4.20. The van der Waals surface area contributed by atoms with E-state index in [1.54, 1.807) is 12.3 Å². The van der Waals surface area contributed by atoms with Gasteiger partial charge in [-0.3, -0.25) is 4.98 Å². The monoisotopic (exact) mass is 198 g/mol. The fourth-order valence-corrected chi connectivity index (χ4v) is 2.77. The lowest BCUT2D eigenvalue weighted by Crippen LogP contribution is -2.17. The average Bonchev–Trinajstić information content (AvgIpc) is 2.26. The van der Waals surface area contributed by atoms with Crippen LogP contribution < -0.4 is 5.32 Å². The van der Waals surface area contributed by atoms with E-state index in [0.717, 1.165) is 5.56 Å². The van der Waals surface area contributed by atoms with Gasteiger partial charge in [-0.1, -0.05) is 0 Å². The molecule has 0 unspecified atom stereocenters. The molecule has 4 nitrogen and oxygen atoms in total. The molecular formula is C8H10N2O2S. The molecule has 0 aliphatic carbocycles. The molecule has 1 aliphatic rings. The molecule has 0 amide bonds. The third kappa shape index (κ3) is 1.57. The van der Waals surface area contributed by atoms with E-state index in [1.807, 2.05) is 0 Å². The van der Waals surface area contributed by atoms with Crippen LogP contribution in [0.25, 0.3) is 0 Å². The number of sulfone groups is 1. The van der Waals surface area contributed by atoms with Gasteiger partial charge in [0.1, 0.15) is 0 Å². The van der Waals surface area contributed by atoms with Gasteiger partial charge in [0.25, 0.3) is 0 Å². The second-order valence-corrected chi connectivity index (χ2v) is 5.06. The highest BCUT2D eigenvalue weighted by Gasteiger charge is 2.20. The van der Waals surface area contributed by atoms with E-state index in [1.165, 1.54) is 6.20 Å². The van der Waals surface area contributed by atoms with Gasteiger partial charge in [0, 0.05) is 25.5 Å². The Morgan fingerprint density at radius 1 is 1.46 bits per heavy atom. The first-order chi connectivity index (χ1) is 6.20. The van der Waals surface area contributed by atoms with E-state index in [0.29, 0.717) is 18.0 Å². The van der Waals surface area contributed by atoms with Gasteiger partial charge in [-0.15, -0.1) is 0 Å². The fourth-order valence-electron chi connectivity index (χ4n) is 1.37. The SMILES string of the molecule is O=S1(=O)CCNCc2ccncc21. The van der Waals surface area contributed by atoms with Crippen molar-refractivity contribution >= 4 is 9.84 Å². The van der Waals surface area contributed by atoms with Crippen molar-refractivity contribution in [1.29, 1.82) is 0 Å². The van der Waals surface area contributed by atoms with Crippen LogP contribution >= 0.6 is 0 Å². The number of aromatic nitrogens is 1. The highest BCUT2D eigenvalue weighted by molar-refractivity contribution is 7.91. The highest BCUT2D eigenvalue weighted by Crippen LogP contribution is 2.17. The Kier molecular flexibility index (Phi) is 2.05. The quantitative estimate of drug-likeness (QED) is 0.635. The largest absolute Gasteiger partial charge is 0.312 e.